The Labute approximate surface area is 297 Å². The van der Waals surface area contributed by atoms with E-state index < -0.39 is 53.1 Å². The van der Waals surface area contributed by atoms with Gasteiger partial charge in [0.1, 0.15) is 18.3 Å². The zero-order valence-electron chi connectivity index (χ0n) is 31.1. The highest BCUT2D eigenvalue weighted by molar-refractivity contribution is 7.88. The van der Waals surface area contributed by atoms with Crippen LogP contribution in [0, 0.1) is 28.6 Å². The molecule has 0 bridgehead atoms. The fourth-order valence-electron chi connectivity index (χ4n) is 7.88. The molecule has 5 amide bonds. The summed E-state index contributed by atoms with van der Waals surface area (Å²) in [7, 11) is 1.74. The Morgan fingerprint density at radius 1 is 1.06 bits per heavy atom. The number of nitrogens with one attached hydrogen (secondary N) is 4. The lowest BCUT2D eigenvalue weighted by Crippen LogP contribution is -2.61. The first-order chi connectivity index (χ1) is 22.9. The third-order valence-electron chi connectivity index (χ3n) is 11.1. The Kier molecular flexibility index (Phi) is 14.6. The molecule has 0 aromatic rings. The lowest BCUT2D eigenvalue weighted by atomic mass is 9.79. The zero-order chi connectivity index (χ0) is 36.7. The van der Waals surface area contributed by atoms with Crippen LogP contribution in [0.3, 0.4) is 0 Å². The van der Waals surface area contributed by atoms with E-state index in [1.165, 1.54) is 6.08 Å². The van der Waals surface area contributed by atoms with Crippen LogP contribution in [0.25, 0.3) is 0 Å². The molecule has 1 aliphatic heterocycles. The third-order valence-corrected chi connectivity index (χ3v) is 12.1. The van der Waals surface area contributed by atoms with Gasteiger partial charge in [0.15, 0.2) is 0 Å². The van der Waals surface area contributed by atoms with Crippen molar-refractivity contribution in [1.82, 2.24) is 30.5 Å². The SMILES string of the molecule is C=CCNC(=O)C(=O)C(CCC)NC(=O)[C@@H]1[C@H]2CCC(C)(C)[C@H]2CN1C(=O)[C@@H](NC(=O)N[C@H](CN(C)[S+](C)[O-])C(C)(C)C)C1CCCCC1. The van der Waals surface area contributed by atoms with Gasteiger partial charge in [-0.2, -0.15) is 0 Å². The molecule has 0 spiro atoms. The predicted octanol–water partition coefficient (Wildman–Crippen LogP) is 3.29. The van der Waals surface area contributed by atoms with Crippen LogP contribution in [0.4, 0.5) is 4.79 Å². The summed E-state index contributed by atoms with van der Waals surface area (Å²) in [6.45, 7) is 16.7. The molecule has 2 unspecified atom stereocenters. The average Bonchev–Trinajstić information content (AvgIpc) is 3.57. The molecule has 3 aliphatic rings. The van der Waals surface area contributed by atoms with Crippen LogP contribution < -0.4 is 21.3 Å². The van der Waals surface area contributed by atoms with Crippen LogP contribution in [0.2, 0.25) is 0 Å². The van der Waals surface area contributed by atoms with Gasteiger partial charge in [-0.15, -0.1) is 10.9 Å². The number of rotatable bonds is 15. The van der Waals surface area contributed by atoms with Crippen LogP contribution in [0.15, 0.2) is 12.7 Å². The minimum Gasteiger partial charge on any atom is -0.598 e. The average molecular weight is 707 g/mol. The van der Waals surface area contributed by atoms with Crippen molar-refractivity contribution in [3.63, 3.8) is 0 Å². The summed E-state index contributed by atoms with van der Waals surface area (Å²) in [6.07, 6.45) is 10.1. The Hall–Kier alpha value is -2.64. The molecular weight excluding hydrogens is 644 g/mol. The van der Waals surface area contributed by atoms with Crippen LogP contribution in [0.1, 0.15) is 99.3 Å². The van der Waals surface area contributed by atoms with E-state index >= 15 is 0 Å². The summed E-state index contributed by atoms with van der Waals surface area (Å²) in [5, 5.41) is 11.5. The number of carbonyl (C=O) groups excluding carboxylic acids is 5. The quantitative estimate of drug-likeness (QED) is 0.115. The number of fused-ring (bicyclic) bond motifs is 1. The summed E-state index contributed by atoms with van der Waals surface area (Å²) in [4.78, 5) is 70.1. The van der Waals surface area contributed by atoms with Crippen molar-refractivity contribution in [1.29, 1.82) is 0 Å². The summed E-state index contributed by atoms with van der Waals surface area (Å²) >= 11 is -1.22. The zero-order valence-corrected chi connectivity index (χ0v) is 31.9. The topological polar surface area (TPSA) is 163 Å². The van der Waals surface area contributed by atoms with Crippen molar-refractivity contribution < 1.29 is 28.5 Å². The molecule has 1 saturated heterocycles. The fourth-order valence-corrected chi connectivity index (χ4v) is 8.24. The van der Waals surface area contributed by atoms with Gasteiger partial charge in [0.25, 0.3) is 5.91 Å². The summed E-state index contributed by atoms with van der Waals surface area (Å²) in [5.41, 5.74) is -0.455. The molecule has 2 saturated carbocycles. The maximum atomic E-state index is 14.8. The third kappa shape index (κ3) is 10.4. The Bertz CT molecular complexity index is 1200. The monoisotopic (exact) mass is 706 g/mol. The lowest BCUT2D eigenvalue weighted by Gasteiger charge is -2.37. The molecule has 0 aromatic heterocycles. The van der Waals surface area contributed by atoms with Gasteiger partial charge in [0.05, 0.1) is 18.6 Å². The Morgan fingerprint density at radius 2 is 1.71 bits per heavy atom. The van der Waals surface area contributed by atoms with E-state index in [1.54, 1.807) is 22.5 Å². The largest absolute Gasteiger partial charge is 0.598 e. The van der Waals surface area contributed by atoms with E-state index in [9.17, 15) is 28.5 Å². The molecule has 278 valence electrons. The van der Waals surface area contributed by atoms with E-state index in [0.717, 1.165) is 44.9 Å². The molecule has 49 heavy (non-hydrogen) atoms. The first kappa shape index (κ1) is 40.8. The lowest BCUT2D eigenvalue weighted by molar-refractivity contribution is -0.144. The van der Waals surface area contributed by atoms with Gasteiger partial charge in [-0.1, -0.05) is 73.3 Å². The number of hydrogen-bond donors (Lipinski definition) is 4. The number of Topliss-reactive ketones (excluding diaryl/α,β-unsaturated/α-hetero) is 1. The minimum atomic E-state index is -1.22. The predicted molar refractivity (Wildman–Crippen MR) is 193 cm³/mol. The second-order valence-electron chi connectivity index (χ2n) is 16.1. The van der Waals surface area contributed by atoms with Crippen LogP contribution in [-0.4, -0.2) is 100 Å². The second-order valence-corrected chi connectivity index (χ2v) is 17.6. The molecule has 12 nitrogen and oxygen atoms in total. The van der Waals surface area contributed by atoms with Gasteiger partial charge in [-0.05, 0) is 60.7 Å². The molecule has 4 N–H and O–H groups in total. The van der Waals surface area contributed by atoms with E-state index in [0.29, 0.717) is 19.5 Å². The first-order valence-electron chi connectivity index (χ1n) is 18.1. The van der Waals surface area contributed by atoms with Crippen molar-refractivity contribution in [3.05, 3.63) is 12.7 Å². The number of likely N-dealkylation sites (tertiary alicyclic amines) is 1. The molecule has 7 atom stereocenters. The molecular formula is C36H62N6O6S. The molecule has 2 aliphatic carbocycles. The number of nitrogens with zero attached hydrogens (tertiary/aromatic N) is 2. The van der Waals surface area contributed by atoms with Crippen LogP contribution in [0.5, 0.6) is 0 Å². The summed E-state index contributed by atoms with van der Waals surface area (Å²) in [6, 6.07) is -3.51. The van der Waals surface area contributed by atoms with Gasteiger partial charge >= 0.3 is 6.03 Å². The second kappa shape index (κ2) is 17.5. The number of ketones is 1. The smallest absolute Gasteiger partial charge is 0.315 e. The first-order valence-corrected chi connectivity index (χ1v) is 19.6. The summed E-state index contributed by atoms with van der Waals surface area (Å²) in [5.74, 6) is -2.35. The summed E-state index contributed by atoms with van der Waals surface area (Å²) < 4.78 is 13.8. The number of hydrogen-bond acceptors (Lipinski definition) is 7. The van der Waals surface area contributed by atoms with Crippen molar-refractivity contribution in [2.75, 3.05) is 32.9 Å². The molecule has 0 radical (unpaired) electrons. The fraction of sp³-hybridized carbons (Fsp3) is 0.806. The molecule has 1 heterocycles. The van der Waals surface area contributed by atoms with Crippen molar-refractivity contribution in [2.45, 2.75) is 123 Å². The van der Waals surface area contributed by atoms with E-state index in [-0.39, 0.29) is 53.5 Å². The van der Waals surface area contributed by atoms with Crippen molar-refractivity contribution in [2.24, 2.45) is 28.6 Å². The van der Waals surface area contributed by atoms with Gasteiger partial charge in [-0.3, -0.25) is 19.2 Å². The number of carbonyl (C=O) groups is 5. The number of amides is 5. The van der Waals surface area contributed by atoms with Crippen molar-refractivity contribution >= 4 is 40.9 Å². The maximum absolute atomic E-state index is 14.8. The molecule has 3 fully saturated rings. The number of urea groups is 1. The Balaban J connectivity index is 1.92. The Morgan fingerprint density at radius 3 is 2.29 bits per heavy atom. The highest BCUT2D eigenvalue weighted by Gasteiger charge is 2.57. The van der Waals surface area contributed by atoms with Gasteiger partial charge in [0.2, 0.25) is 17.6 Å². The molecule has 13 heteroatoms. The van der Waals surface area contributed by atoms with Gasteiger partial charge in [0, 0.05) is 31.5 Å². The number of likely N-dealkylation sites (N-methyl/N-ethyl adjacent to an activating group) is 1. The normalized spacial score (nSPS) is 24.7. The minimum absolute atomic E-state index is 0.0694. The van der Waals surface area contributed by atoms with E-state index in [1.807, 2.05) is 27.7 Å². The van der Waals surface area contributed by atoms with Gasteiger partial charge in [-0.25, -0.2) is 4.79 Å². The van der Waals surface area contributed by atoms with E-state index in [4.69, 9.17) is 0 Å². The maximum Gasteiger partial charge on any atom is 0.315 e. The van der Waals surface area contributed by atoms with Crippen molar-refractivity contribution in [3.8, 4) is 0 Å². The van der Waals surface area contributed by atoms with Crippen LogP contribution in [-0.2, 0) is 30.5 Å². The highest BCUT2D eigenvalue weighted by atomic mass is 32.2. The van der Waals surface area contributed by atoms with Crippen LogP contribution >= 0.6 is 0 Å². The van der Waals surface area contributed by atoms with E-state index in [2.05, 4.69) is 41.7 Å². The molecule has 0 aromatic carbocycles. The molecule has 3 rings (SSSR count). The van der Waals surface area contributed by atoms with Gasteiger partial charge < -0.3 is 30.7 Å². The standard InChI is InChI=1S/C36H62N6O6S/c1-10-15-26(30(43)32(45)37-20-11-2)38-31(44)29-24-18-19-36(6,7)25(24)21-42(29)33(46)28(23-16-13-12-14-17-23)40-34(47)39-27(35(3,4)5)22-41(8)49(9)48/h11,23-29H,2,10,12-22H2,1,3-9H3,(H,37,45)(H,38,44)(H2,39,40,47)/t24-,25-,26?,27+,28-,29-,49?/m0/s1. The highest BCUT2D eigenvalue weighted by Crippen LogP contribution is 2.53.